The number of aryl methyl sites for hydroxylation is 1. The summed E-state index contributed by atoms with van der Waals surface area (Å²) in [5, 5.41) is 3.00. The van der Waals surface area contributed by atoms with Gasteiger partial charge in [0.05, 0.1) is 0 Å². The molecule has 1 rings (SSSR count). The lowest BCUT2D eigenvalue weighted by molar-refractivity contribution is 1.11. The van der Waals surface area contributed by atoms with Crippen LogP contribution in [0.1, 0.15) is 16.8 Å². The van der Waals surface area contributed by atoms with Gasteiger partial charge in [0.15, 0.2) is 0 Å². The van der Waals surface area contributed by atoms with Gasteiger partial charge in [0.1, 0.15) is 11.5 Å². The van der Waals surface area contributed by atoms with Crippen molar-refractivity contribution in [2.45, 2.75) is 6.92 Å². The van der Waals surface area contributed by atoms with Crippen molar-refractivity contribution in [3.05, 3.63) is 35.7 Å². The summed E-state index contributed by atoms with van der Waals surface area (Å²) in [5.41, 5.74) is 2.96. The maximum Gasteiger partial charge on any atom is 0.147 e. The largest absolute Gasteiger partial charge is 0.372 e. The molecule has 0 atom stereocenters. The number of hydrogen-bond acceptors (Lipinski definition) is 2. The van der Waals surface area contributed by atoms with Gasteiger partial charge in [0.2, 0.25) is 0 Å². The van der Waals surface area contributed by atoms with Crippen molar-refractivity contribution < 1.29 is 0 Å². The van der Waals surface area contributed by atoms with E-state index in [0.717, 1.165) is 22.7 Å². The lowest BCUT2D eigenvalue weighted by atomic mass is 10.1. The Balaban J connectivity index is 3.26. The Bertz CT molecular complexity index is 367. The van der Waals surface area contributed by atoms with Gasteiger partial charge in [-0.15, -0.1) is 0 Å². The first-order valence-electron chi connectivity index (χ1n) is 4.47. The number of nitrogens with zero attached hydrogens (tertiary/aromatic N) is 2. The van der Waals surface area contributed by atoms with Gasteiger partial charge < -0.3 is 5.32 Å². The van der Waals surface area contributed by atoms with Crippen LogP contribution in [-0.4, -0.2) is 24.9 Å². The van der Waals surface area contributed by atoms with Gasteiger partial charge in [-0.3, -0.25) is 9.98 Å². The van der Waals surface area contributed by atoms with Crippen LogP contribution < -0.4 is 5.32 Å². The predicted molar refractivity (Wildman–Crippen MR) is 60.6 cm³/mol. The van der Waals surface area contributed by atoms with Crippen LogP contribution in [0.3, 0.4) is 0 Å². The van der Waals surface area contributed by atoms with E-state index in [4.69, 9.17) is 0 Å². The van der Waals surface area contributed by atoms with Crippen LogP contribution in [-0.2, 0) is 0 Å². The van der Waals surface area contributed by atoms with Crippen molar-refractivity contribution in [3.63, 3.8) is 0 Å². The molecule has 0 bridgehead atoms. The number of pyridine rings is 1. The Hall–Kier alpha value is -1.64. The summed E-state index contributed by atoms with van der Waals surface area (Å²) in [4.78, 5) is 8.44. The van der Waals surface area contributed by atoms with Crippen LogP contribution in [0.15, 0.2) is 23.8 Å². The first kappa shape index (κ1) is 10.4. The number of nitrogens with one attached hydrogen (secondary N) is 1. The molecule has 0 radical (unpaired) electrons. The minimum Gasteiger partial charge on any atom is -0.372 e. The number of hydrogen-bond donors (Lipinski definition) is 1. The fraction of sp³-hybridized carbons (Fsp3) is 0.273. The van der Waals surface area contributed by atoms with Gasteiger partial charge in [-0.1, -0.05) is 12.7 Å². The summed E-state index contributed by atoms with van der Waals surface area (Å²) in [5.74, 6) is 0.778. The maximum atomic E-state index is 4.33. The molecule has 0 aromatic carbocycles. The van der Waals surface area contributed by atoms with E-state index in [9.17, 15) is 0 Å². The zero-order chi connectivity index (χ0) is 10.6. The van der Waals surface area contributed by atoms with E-state index in [-0.39, 0.29) is 0 Å². The van der Waals surface area contributed by atoms with Gasteiger partial charge in [0, 0.05) is 25.9 Å². The van der Waals surface area contributed by atoms with Crippen LogP contribution in [0.4, 0.5) is 0 Å². The number of rotatable bonds is 2. The van der Waals surface area contributed by atoms with Crippen LogP contribution in [0.25, 0.3) is 6.08 Å². The topological polar surface area (TPSA) is 37.3 Å². The highest BCUT2D eigenvalue weighted by Gasteiger charge is 2.06. The molecule has 0 unspecified atom stereocenters. The third-order valence-corrected chi connectivity index (χ3v) is 1.96. The van der Waals surface area contributed by atoms with Crippen LogP contribution in [0.2, 0.25) is 0 Å². The lowest BCUT2D eigenvalue weighted by Crippen LogP contribution is -2.21. The highest BCUT2D eigenvalue weighted by molar-refractivity contribution is 5.99. The molecule has 74 valence electrons. The third kappa shape index (κ3) is 1.99. The molecular formula is C11H15N3. The standard InChI is InChI=1S/C11H15N3/c1-5-9-6-8(2)7-14-10(9)11(12-3)13-4/h5-7H,1H2,2-4H3,(H,12,13). The van der Waals surface area contributed by atoms with E-state index in [0.29, 0.717) is 0 Å². The van der Waals surface area contributed by atoms with Gasteiger partial charge in [0.25, 0.3) is 0 Å². The van der Waals surface area contributed by atoms with E-state index < -0.39 is 0 Å². The molecule has 14 heavy (non-hydrogen) atoms. The normalized spacial score (nSPS) is 11.2. The minimum atomic E-state index is 0.778. The molecule has 0 aliphatic heterocycles. The van der Waals surface area contributed by atoms with E-state index in [2.05, 4.69) is 21.9 Å². The Morgan fingerprint density at radius 2 is 2.36 bits per heavy atom. The first-order valence-corrected chi connectivity index (χ1v) is 4.47. The predicted octanol–water partition coefficient (Wildman–Crippen LogP) is 1.63. The van der Waals surface area contributed by atoms with Crippen molar-refractivity contribution in [2.75, 3.05) is 14.1 Å². The smallest absolute Gasteiger partial charge is 0.147 e. The Labute approximate surface area is 84.6 Å². The van der Waals surface area contributed by atoms with E-state index >= 15 is 0 Å². The van der Waals surface area contributed by atoms with E-state index in [1.807, 2.05) is 26.2 Å². The molecule has 0 fully saturated rings. The molecule has 0 saturated heterocycles. The minimum absolute atomic E-state index is 0.778. The van der Waals surface area contributed by atoms with Gasteiger partial charge in [-0.05, 0) is 18.6 Å². The molecular weight excluding hydrogens is 174 g/mol. The van der Waals surface area contributed by atoms with Crippen molar-refractivity contribution in [1.82, 2.24) is 10.3 Å². The molecule has 1 N–H and O–H groups in total. The van der Waals surface area contributed by atoms with E-state index in [1.54, 1.807) is 13.1 Å². The van der Waals surface area contributed by atoms with Crippen LogP contribution >= 0.6 is 0 Å². The highest BCUT2D eigenvalue weighted by atomic mass is 15.0. The number of aromatic nitrogens is 1. The van der Waals surface area contributed by atoms with Crippen molar-refractivity contribution >= 4 is 11.9 Å². The monoisotopic (exact) mass is 189 g/mol. The summed E-state index contributed by atoms with van der Waals surface area (Å²) < 4.78 is 0. The van der Waals surface area contributed by atoms with Crippen molar-refractivity contribution in [2.24, 2.45) is 4.99 Å². The van der Waals surface area contributed by atoms with Gasteiger partial charge in [-0.25, -0.2) is 0 Å². The molecule has 3 heteroatoms. The second-order valence-corrected chi connectivity index (χ2v) is 2.98. The first-order chi connectivity index (χ1) is 6.72. The van der Waals surface area contributed by atoms with Crippen molar-refractivity contribution in [3.8, 4) is 0 Å². The summed E-state index contributed by atoms with van der Waals surface area (Å²) in [6.07, 6.45) is 3.61. The molecule has 0 aliphatic rings. The molecule has 1 aromatic rings. The second-order valence-electron chi connectivity index (χ2n) is 2.98. The quantitative estimate of drug-likeness (QED) is 0.567. The second kappa shape index (κ2) is 4.56. The molecule has 0 saturated carbocycles. The van der Waals surface area contributed by atoms with Crippen LogP contribution in [0.5, 0.6) is 0 Å². The van der Waals surface area contributed by atoms with Crippen LogP contribution in [0, 0.1) is 6.92 Å². The fourth-order valence-electron chi connectivity index (χ4n) is 1.28. The Morgan fingerprint density at radius 3 is 2.86 bits per heavy atom. The molecule has 1 aromatic heterocycles. The number of amidine groups is 1. The Kier molecular flexibility index (Phi) is 3.40. The van der Waals surface area contributed by atoms with Gasteiger partial charge >= 0.3 is 0 Å². The zero-order valence-electron chi connectivity index (χ0n) is 8.83. The fourth-order valence-corrected chi connectivity index (χ4v) is 1.28. The molecule has 0 aliphatic carbocycles. The summed E-state index contributed by atoms with van der Waals surface area (Å²) >= 11 is 0. The molecule has 3 nitrogen and oxygen atoms in total. The SMILES string of the molecule is C=Cc1cc(C)cnc1C(=NC)NC. The van der Waals surface area contributed by atoms with Gasteiger partial charge in [-0.2, -0.15) is 0 Å². The average molecular weight is 189 g/mol. The summed E-state index contributed by atoms with van der Waals surface area (Å²) in [6, 6.07) is 2.04. The zero-order valence-corrected chi connectivity index (χ0v) is 8.83. The summed E-state index contributed by atoms with van der Waals surface area (Å²) in [6.45, 7) is 5.77. The van der Waals surface area contributed by atoms with E-state index in [1.165, 1.54) is 0 Å². The summed E-state index contributed by atoms with van der Waals surface area (Å²) in [7, 11) is 3.57. The number of aliphatic imine (C=N–C) groups is 1. The molecule has 0 spiro atoms. The molecule has 0 amide bonds. The third-order valence-electron chi connectivity index (χ3n) is 1.96. The lowest BCUT2D eigenvalue weighted by Gasteiger charge is -2.07. The van der Waals surface area contributed by atoms with Crippen molar-refractivity contribution in [1.29, 1.82) is 0 Å². The maximum absolute atomic E-state index is 4.33. The average Bonchev–Trinajstić information content (AvgIpc) is 2.21. The molecule has 1 heterocycles. The Morgan fingerprint density at radius 1 is 1.64 bits per heavy atom. The highest BCUT2D eigenvalue weighted by Crippen LogP contribution is 2.10.